The first kappa shape index (κ1) is 20.2. The standard InChI is InChI=1S/C18H20N2O6S/c1-13-3-9-16(10-4-13)27(24,25)20(2)14-5-7-15(8-6-14)26-12-17(21)19-11-18(22)23/h3-10H,11-12H2,1-2H3,(H,19,21)(H,22,23)/p-1. The average Bonchev–Trinajstić information content (AvgIpc) is 2.64. The Kier molecular flexibility index (Phi) is 6.40. The number of carbonyl (C=O) groups excluding carboxylic acids is 2. The third-order valence-corrected chi connectivity index (χ3v) is 5.48. The maximum Gasteiger partial charge on any atom is 0.264 e. The number of ether oxygens (including phenoxy) is 1. The Labute approximate surface area is 157 Å². The number of aryl methyl sites for hydroxylation is 1. The minimum absolute atomic E-state index is 0.181. The summed E-state index contributed by atoms with van der Waals surface area (Å²) in [7, 11) is -2.25. The number of carboxylic acid groups (broad SMARTS) is 1. The highest BCUT2D eigenvalue weighted by Gasteiger charge is 2.21. The Balaban J connectivity index is 2.02. The Hall–Kier alpha value is -3.07. The quantitative estimate of drug-likeness (QED) is 0.681. The van der Waals surface area contributed by atoms with Crippen LogP contribution in [-0.2, 0) is 19.6 Å². The molecule has 144 valence electrons. The third kappa shape index (κ3) is 5.45. The van der Waals surface area contributed by atoms with Crippen LogP contribution in [0.2, 0.25) is 0 Å². The number of rotatable bonds is 8. The molecule has 2 aromatic rings. The van der Waals surface area contributed by atoms with Crippen molar-refractivity contribution < 1.29 is 27.9 Å². The number of benzene rings is 2. The molecule has 0 unspecified atom stereocenters. The predicted octanol–water partition coefficient (Wildman–Crippen LogP) is 0.0650. The second-order valence-electron chi connectivity index (χ2n) is 5.72. The van der Waals surface area contributed by atoms with Gasteiger partial charge in [-0.15, -0.1) is 0 Å². The molecule has 2 rings (SSSR count). The van der Waals surface area contributed by atoms with E-state index in [1.54, 1.807) is 36.4 Å². The predicted molar refractivity (Wildman–Crippen MR) is 96.7 cm³/mol. The lowest BCUT2D eigenvalue weighted by Crippen LogP contribution is -2.39. The van der Waals surface area contributed by atoms with Gasteiger partial charge in [0.15, 0.2) is 6.61 Å². The van der Waals surface area contributed by atoms with Gasteiger partial charge in [-0.05, 0) is 43.3 Å². The van der Waals surface area contributed by atoms with Gasteiger partial charge in [0.1, 0.15) is 5.75 Å². The van der Waals surface area contributed by atoms with Gasteiger partial charge in [0.2, 0.25) is 0 Å². The maximum absolute atomic E-state index is 12.7. The van der Waals surface area contributed by atoms with Crippen LogP contribution >= 0.6 is 0 Å². The minimum Gasteiger partial charge on any atom is -0.548 e. The summed E-state index contributed by atoms with van der Waals surface area (Å²) >= 11 is 0. The number of carboxylic acids is 1. The van der Waals surface area contributed by atoms with Crippen LogP contribution in [0.15, 0.2) is 53.4 Å². The first-order valence-corrected chi connectivity index (χ1v) is 9.39. The normalized spacial score (nSPS) is 10.9. The van der Waals surface area contributed by atoms with Crippen LogP contribution < -0.4 is 19.5 Å². The molecule has 0 aromatic heterocycles. The smallest absolute Gasteiger partial charge is 0.264 e. The van der Waals surface area contributed by atoms with Gasteiger partial charge in [0.25, 0.3) is 15.9 Å². The Morgan fingerprint density at radius 2 is 1.67 bits per heavy atom. The van der Waals surface area contributed by atoms with Gasteiger partial charge < -0.3 is 20.0 Å². The summed E-state index contributed by atoms with van der Waals surface area (Å²) in [6.45, 7) is 0.907. The number of hydrogen-bond donors (Lipinski definition) is 1. The van der Waals surface area contributed by atoms with Crippen molar-refractivity contribution in [2.75, 3.05) is 24.5 Å². The van der Waals surface area contributed by atoms with E-state index in [1.165, 1.54) is 19.2 Å². The number of hydrogen-bond acceptors (Lipinski definition) is 6. The SMILES string of the molecule is Cc1ccc(S(=O)(=O)N(C)c2ccc(OCC(=O)NCC(=O)[O-])cc2)cc1. The van der Waals surface area contributed by atoms with E-state index in [1.807, 2.05) is 6.92 Å². The highest BCUT2D eigenvalue weighted by atomic mass is 32.2. The van der Waals surface area contributed by atoms with Crippen molar-refractivity contribution in [3.05, 3.63) is 54.1 Å². The molecule has 0 bridgehead atoms. The highest BCUT2D eigenvalue weighted by Crippen LogP contribution is 2.24. The monoisotopic (exact) mass is 391 g/mol. The Morgan fingerprint density at radius 3 is 2.22 bits per heavy atom. The summed E-state index contributed by atoms with van der Waals surface area (Å²) in [6, 6.07) is 12.7. The number of amides is 1. The third-order valence-electron chi connectivity index (χ3n) is 3.68. The van der Waals surface area contributed by atoms with Crippen molar-refractivity contribution in [2.24, 2.45) is 0 Å². The number of nitrogens with zero attached hydrogens (tertiary/aromatic N) is 1. The molecule has 27 heavy (non-hydrogen) atoms. The van der Waals surface area contributed by atoms with E-state index in [0.29, 0.717) is 11.4 Å². The summed E-state index contributed by atoms with van der Waals surface area (Å²) in [6.07, 6.45) is 0. The minimum atomic E-state index is -3.70. The molecular weight excluding hydrogens is 372 g/mol. The van der Waals surface area contributed by atoms with E-state index in [4.69, 9.17) is 4.74 Å². The zero-order chi connectivity index (χ0) is 20.0. The molecule has 2 aromatic carbocycles. The summed E-state index contributed by atoms with van der Waals surface area (Å²) in [5, 5.41) is 12.4. The molecule has 8 nitrogen and oxygen atoms in total. The van der Waals surface area contributed by atoms with Crippen LogP contribution in [0.3, 0.4) is 0 Å². The number of anilines is 1. The van der Waals surface area contributed by atoms with Gasteiger partial charge in [-0.25, -0.2) is 8.42 Å². The molecule has 0 aliphatic heterocycles. The van der Waals surface area contributed by atoms with Crippen LogP contribution in [0, 0.1) is 6.92 Å². The number of carbonyl (C=O) groups is 2. The van der Waals surface area contributed by atoms with Crippen molar-refractivity contribution in [1.82, 2.24) is 5.32 Å². The van der Waals surface area contributed by atoms with Crippen molar-refractivity contribution >= 4 is 27.6 Å². The highest BCUT2D eigenvalue weighted by molar-refractivity contribution is 7.92. The van der Waals surface area contributed by atoms with Crippen LogP contribution in [0.1, 0.15) is 5.56 Å². The van der Waals surface area contributed by atoms with Crippen molar-refractivity contribution in [2.45, 2.75) is 11.8 Å². The molecule has 0 saturated carbocycles. The van der Waals surface area contributed by atoms with Crippen LogP contribution in [0.4, 0.5) is 5.69 Å². The lowest BCUT2D eigenvalue weighted by Gasteiger charge is -2.20. The fraction of sp³-hybridized carbons (Fsp3) is 0.222. The van der Waals surface area contributed by atoms with Gasteiger partial charge in [-0.3, -0.25) is 9.10 Å². The maximum atomic E-state index is 12.7. The lowest BCUT2D eigenvalue weighted by molar-refractivity contribution is -0.304. The summed E-state index contributed by atoms with van der Waals surface area (Å²) in [5.74, 6) is -1.67. The molecule has 0 spiro atoms. The van der Waals surface area contributed by atoms with Crippen LogP contribution in [0.25, 0.3) is 0 Å². The van der Waals surface area contributed by atoms with E-state index >= 15 is 0 Å². The van der Waals surface area contributed by atoms with Gasteiger partial charge in [0.05, 0.1) is 23.1 Å². The van der Waals surface area contributed by atoms with E-state index in [0.717, 1.165) is 9.87 Å². The molecule has 1 amide bonds. The Morgan fingerprint density at radius 1 is 1.07 bits per heavy atom. The second kappa shape index (κ2) is 8.54. The van der Waals surface area contributed by atoms with Crippen molar-refractivity contribution in [3.63, 3.8) is 0 Å². The van der Waals surface area contributed by atoms with Crippen molar-refractivity contribution in [1.29, 1.82) is 0 Å². The molecular formula is C18H19N2O6S-. The molecule has 0 heterocycles. The first-order chi connectivity index (χ1) is 12.7. The lowest BCUT2D eigenvalue weighted by atomic mass is 10.2. The molecule has 0 saturated heterocycles. The van der Waals surface area contributed by atoms with Crippen LogP contribution in [0.5, 0.6) is 5.75 Å². The topological polar surface area (TPSA) is 116 Å². The van der Waals surface area contributed by atoms with E-state index in [2.05, 4.69) is 5.32 Å². The fourth-order valence-electron chi connectivity index (χ4n) is 2.13. The zero-order valence-corrected chi connectivity index (χ0v) is 15.7. The largest absolute Gasteiger partial charge is 0.548 e. The number of sulfonamides is 1. The van der Waals surface area contributed by atoms with Crippen LogP contribution in [-0.4, -0.2) is 40.5 Å². The summed E-state index contributed by atoms with van der Waals surface area (Å²) < 4.78 is 31.7. The van der Waals surface area contributed by atoms with Gasteiger partial charge in [0, 0.05) is 7.05 Å². The summed E-state index contributed by atoms with van der Waals surface area (Å²) in [4.78, 5) is 21.8. The van der Waals surface area contributed by atoms with E-state index < -0.39 is 28.4 Å². The molecule has 0 fully saturated rings. The average molecular weight is 391 g/mol. The molecule has 1 N–H and O–H groups in total. The van der Waals surface area contributed by atoms with Gasteiger partial charge >= 0.3 is 0 Å². The van der Waals surface area contributed by atoms with Gasteiger partial charge in [-0.1, -0.05) is 17.7 Å². The van der Waals surface area contributed by atoms with E-state index in [9.17, 15) is 23.1 Å². The molecule has 0 atom stereocenters. The van der Waals surface area contributed by atoms with E-state index in [-0.39, 0.29) is 11.5 Å². The van der Waals surface area contributed by atoms with Gasteiger partial charge in [-0.2, -0.15) is 0 Å². The zero-order valence-electron chi connectivity index (χ0n) is 14.8. The summed E-state index contributed by atoms with van der Waals surface area (Å²) in [5.41, 5.74) is 1.38. The molecule has 0 aliphatic rings. The number of nitrogens with one attached hydrogen (secondary N) is 1. The second-order valence-corrected chi connectivity index (χ2v) is 7.69. The first-order valence-electron chi connectivity index (χ1n) is 7.95. The molecule has 9 heteroatoms. The number of aliphatic carboxylic acids is 1. The molecule has 0 radical (unpaired) electrons. The fourth-order valence-corrected chi connectivity index (χ4v) is 3.33. The molecule has 0 aliphatic carbocycles. The van der Waals surface area contributed by atoms with Crippen molar-refractivity contribution in [3.8, 4) is 5.75 Å². The Bertz CT molecular complexity index is 908.